The summed E-state index contributed by atoms with van der Waals surface area (Å²) in [7, 11) is -4.13. The topological polar surface area (TPSA) is 74.6 Å². The molecule has 4 nitrogen and oxygen atoms in total. The maximum absolute atomic E-state index is 10.4. The molecule has 0 saturated heterocycles. The predicted molar refractivity (Wildman–Crippen MR) is 37.9 cm³/mol. The minimum Gasteiger partial charge on any atom is -0.508 e. The van der Waals surface area contributed by atoms with E-state index in [1.165, 1.54) is 12.1 Å². The highest BCUT2D eigenvalue weighted by molar-refractivity contribution is 7.85. The summed E-state index contributed by atoms with van der Waals surface area (Å²) in [5, 5.41) is 8.75. The Balaban J connectivity index is 3.20. The predicted octanol–water partition coefficient (Wildman–Crippen LogP) is 0.639. The van der Waals surface area contributed by atoms with Crippen molar-refractivity contribution in [3.05, 3.63) is 24.3 Å². The number of phenolic OH excluding ortho intramolecular Hbond substituents is 1. The number of aromatic hydroxyl groups is 1. The van der Waals surface area contributed by atoms with E-state index in [0.717, 1.165) is 12.1 Å². The van der Waals surface area contributed by atoms with Crippen LogP contribution in [0.15, 0.2) is 29.2 Å². The molecule has 0 aliphatic rings. The van der Waals surface area contributed by atoms with Crippen molar-refractivity contribution >= 4 is 10.1 Å². The highest BCUT2D eigenvalue weighted by Gasteiger charge is 2.07. The van der Waals surface area contributed by atoms with E-state index in [-0.39, 0.29) is 10.6 Å². The molecule has 0 spiro atoms. The average molecular weight is 180 g/mol. The molecule has 60 valence electrons. The normalized spacial score (nSPS) is 11.4. The number of phenols is 1. The average Bonchev–Trinajstić information content (AvgIpc) is 1.86. The van der Waals surface area contributed by atoms with Gasteiger partial charge in [-0.25, -0.2) is 0 Å². The van der Waals surface area contributed by atoms with Crippen LogP contribution in [0.4, 0.5) is 0 Å². The summed E-state index contributed by atoms with van der Waals surface area (Å²) in [4.78, 5) is -0.227. The van der Waals surface area contributed by atoms with Crippen molar-refractivity contribution in [1.82, 2.24) is 0 Å². The Hall–Kier alpha value is -1.07. The Morgan fingerprint density at radius 3 is 1.91 bits per heavy atom. The summed E-state index contributed by atoms with van der Waals surface area (Å²) in [6.45, 7) is 0. The summed E-state index contributed by atoms with van der Waals surface area (Å²) < 4.78 is 29.3. The molecule has 0 bridgehead atoms. The van der Waals surface area contributed by atoms with Crippen LogP contribution in [0.2, 0.25) is 0 Å². The SMILES string of the molecule is O=S(=O)(O)[13c]1[13cH][13cH][13c](O)[13cH][13cH]1. The monoisotopic (exact) mass is 180 g/mol. The standard InChI is InChI=1S/C6H6O4S/c7-5-1-3-6(4-2-5)11(8,9)10/h1-4,7H,(H,8,9,10)/i1+1,2+1,3+1,4+1,5+1,6+1. The smallest absolute Gasteiger partial charge is 0.294 e. The minimum atomic E-state index is -4.13. The molecular formula is C6H6O4S. The van der Waals surface area contributed by atoms with Crippen LogP contribution in [0.25, 0.3) is 0 Å². The van der Waals surface area contributed by atoms with Crippen molar-refractivity contribution in [1.29, 1.82) is 0 Å². The van der Waals surface area contributed by atoms with Crippen molar-refractivity contribution in [2.24, 2.45) is 0 Å². The lowest BCUT2D eigenvalue weighted by Gasteiger charge is -1.94. The zero-order valence-electron chi connectivity index (χ0n) is 5.43. The second kappa shape index (κ2) is 2.52. The Bertz CT molecular complexity index is 337. The molecule has 0 unspecified atom stereocenters. The van der Waals surface area contributed by atoms with Crippen LogP contribution in [-0.2, 0) is 10.1 Å². The van der Waals surface area contributed by atoms with Crippen molar-refractivity contribution in [3.8, 4) is 5.75 Å². The molecule has 0 heterocycles. The Morgan fingerprint density at radius 1 is 1.09 bits per heavy atom. The third-order valence-electron chi connectivity index (χ3n) is 1.13. The van der Waals surface area contributed by atoms with E-state index in [1.54, 1.807) is 0 Å². The van der Waals surface area contributed by atoms with Gasteiger partial charge in [0.25, 0.3) is 10.1 Å². The lowest BCUT2D eigenvalue weighted by molar-refractivity contribution is 0.472. The van der Waals surface area contributed by atoms with Crippen molar-refractivity contribution in [2.45, 2.75) is 4.90 Å². The number of hydrogen-bond acceptors (Lipinski definition) is 3. The van der Waals surface area contributed by atoms with Crippen molar-refractivity contribution in [2.75, 3.05) is 0 Å². The van der Waals surface area contributed by atoms with Gasteiger partial charge in [0.15, 0.2) is 0 Å². The number of rotatable bonds is 1. The summed E-state index contributed by atoms with van der Waals surface area (Å²) in [6, 6.07) is 4.60. The third-order valence-corrected chi connectivity index (χ3v) is 2.00. The number of benzene rings is 1. The molecule has 1 aromatic carbocycles. The fraction of sp³-hybridized carbons (Fsp3) is 0. The van der Waals surface area contributed by atoms with Crippen LogP contribution in [0.3, 0.4) is 0 Å². The van der Waals surface area contributed by atoms with E-state index in [2.05, 4.69) is 0 Å². The molecule has 1 aromatic rings. The summed E-state index contributed by atoms with van der Waals surface area (Å²) >= 11 is 0. The summed E-state index contributed by atoms with van der Waals surface area (Å²) in [5.41, 5.74) is 0. The van der Waals surface area contributed by atoms with E-state index >= 15 is 0 Å². The van der Waals surface area contributed by atoms with E-state index in [1.807, 2.05) is 0 Å². The van der Waals surface area contributed by atoms with Crippen LogP contribution in [-0.4, -0.2) is 18.1 Å². The zero-order chi connectivity index (χ0) is 8.48. The van der Waals surface area contributed by atoms with Crippen LogP contribution < -0.4 is 0 Å². The molecule has 0 amide bonds. The van der Waals surface area contributed by atoms with Gasteiger partial charge in [0.05, 0.1) is 4.90 Å². The van der Waals surface area contributed by atoms with E-state index < -0.39 is 10.1 Å². The molecule has 0 saturated carbocycles. The van der Waals surface area contributed by atoms with Crippen molar-refractivity contribution < 1.29 is 18.1 Å². The molecule has 0 radical (unpaired) electrons. The Morgan fingerprint density at radius 2 is 1.55 bits per heavy atom. The first-order valence-electron chi connectivity index (χ1n) is 2.77. The molecule has 11 heavy (non-hydrogen) atoms. The molecule has 1 rings (SSSR count). The Kier molecular flexibility index (Phi) is 1.84. The van der Waals surface area contributed by atoms with Crippen LogP contribution in [0, 0.1) is 0 Å². The quantitative estimate of drug-likeness (QED) is 0.622. The minimum absolute atomic E-state index is 0.0441. The second-order valence-corrected chi connectivity index (χ2v) is 3.39. The van der Waals surface area contributed by atoms with Gasteiger partial charge in [-0.1, -0.05) is 0 Å². The molecule has 2 N–H and O–H groups in total. The maximum Gasteiger partial charge on any atom is 0.294 e. The van der Waals surface area contributed by atoms with E-state index in [0.29, 0.717) is 0 Å². The molecule has 0 aliphatic carbocycles. The van der Waals surface area contributed by atoms with Gasteiger partial charge in [-0.3, -0.25) is 4.55 Å². The first kappa shape index (κ1) is 8.03. The second-order valence-electron chi connectivity index (χ2n) is 1.97. The van der Waals surface area contributed by atoms with Gasteiger partial charge in [-0.2, -0.15) is 8.42 Å². The van der Waals surface area contributed by atoms with Crippen molar-refractivity contribution in [3.63, 3.8) is 0 Å². The van der Waals surface area contributed by atoms with Crippen LogP contribution >= 0.6 is 0 Å². The number of hydrogen-bond donors (Lipinski definition) is 2. The highest BCUT2D eigenvalue weighted by atomic mass is 32.2. The lowest BCUT2D eigenvalue weighted by atomic mass is 11.3. The Labute approximate surface area is 63.9 Å². The van der Waals surface area contributed by atoms with Gasteiger partial charge in [0.1, 0.15) is 5.75 Å². The third kappa shape index (κ3) is 1.92. The molecule has 0 atom stereocenters. The zero-order valence-corrected chi connectivity index (χ0v) is 6.25. The molecule has 5 heteroatoms. The van der Waals surface area contributed by atoms with Crippen LogP contribution in [0.1, 0.15) is 0 Å². The van der Waals surface area contributed by atoms with Gasteiger partial charge in [0.2, 0.25) is 0 Å². The molecule has 0 aromatic heterocycles. The fourth-order valence-electron chi connectivity index (χ4n) is 0.618. The highest BCUT2D eigenvalue weighted by Crippen LogP contribution is 2.13. The molecule has 0 aliphatic heterocycles. The van der Waals surface area contributed by atoms with Gasteiger partial charge in [0, 0.05) is 0 Å². The first-order valence-corrected chi connectivity index (χ1v) is 4.21. The molecular weight excluding hydrogens is 174 g/mol. The van der Waals surface area contributed by atoms with Crippen LogP contribution in [0.5, 0.6) is 5.75 Å². The maximum atomic E-state index is 10.4. The summed E-state index contributed by atoms with van der Waals surface area (Å²) in [6.07, 6.45) is 0. The summed E-state index contributed by atoms with van der Waals surface area (Å²) in [5.74, 6) is -0.0441. The van der Waals surface area contributed by atoms with Gasteiger partial charge in [-0.15, -0.1) is 0 Å². The fourth-order valence-corrected chi connectivity index (χ4v) is 1.10. The van der Waals surface area contributed by atoms with Gasteiger partial charge < -0.3 is 5.11 Å². The van der Waals surface area contributed by atoms with Gasteiger partial charge >= 0.3 is 0 Å². The first-order chi connectivity index (χ1) is 5.00. The van der Waals surface area contributed by atoms with E-state index in [9.17, 15) is 8.42 Å². The van der Waals surface area contributed by atoms with E-state index in [4.69, 9.17) is 9.66 Å². The lowest BCUT2D eigenvalue weighted by Crippen LogP contribution is -1.96. The van der Waals surface area contributed by atoms with Gasteiger partial charge in [-0.05, 0) is 24.3 Å². The largest absolute Gasteiger partial charge is 0.508 e. The molecule has 0 fully saturated rings.